The lowest BCUT2D eigenvalue weighted by molar-refractivity contribution is -0.133. The van der Waals surface area contributed by atoms with Gasteiger partial charge in [-0.1, -0.05) is 49.4 Å². The van der Waals surface area contributed by atoms with Crippen LogP contribution in [0.15, 0.2) is 54.6 Å². The van der Waals surface area contributed by atoms with Gasteiger partial charge in [0.05, 0.1) is 13.0 Å². The zero-order valence-corrected chi connectivity index (χ0v) is 20.6. The van der Waals surface area contributed by atoms with Crippen LogP contribution in [0.3, 0.4) is 0 Å². The van der Waals surface area contributed by atoms with Crippen LogP contribution in [0.4, 0.5) is 5.82 Å². The minimum absolute atomic E-state index is 0.0816. The molecule has 1 saturated heterocycles. The Hall–Kier alpha value is -3.41. The monoisotopic (exact) mass is 458 g/mol. The number of anilines is 1. The van der Waals surface area contributed by atoms with Gasteiger partial charge in [0.2, 0.25) is 5.91 Å². The summed E-state index contributed by atoms with van der Waals surface area (Å²) in [6.07, 6.45) is 1.57. The van der Waals surface area contributed by atoms with Gasteiger partial charge in [0, 0.05) is 43.9 Å². The summed E-state index contributed by atoms with van der Waals surface area (Å²) in [5.74, 6) is 2.76. The maximum atomic E-state index is 13.3. The fourth-order valence-electron chi connectivity index (χ4n) is 4.73. The van der Waals surface area contributed by atoms with Gasteiger partial charge in [-0.25, -0.2) is 9.97 Å². The molecule has 178 valence electrons. The Balaban J connectivity index is 1.50. The molecule has 2 aromatic carbocycles. The summed E-state index contributed by atoms with van der Waals surface area (Å²) in [6.45, 7) is 9.02. The SMILES string of the molecule is CC[C@@H](C(=O)N1CCN(c2nc(C)nc(C)c2Cc2ccc(OC)cc2)CC1)c1ccccc1. The van der Waals surface area contributed by atoms with Crippen molar-refractivity contribution in [3.05, 3.63) is 82.8 Å². The number of amides is 1. The van der Waals surface area contributed by atoms with Gasteiger partial charge in [-0.3, -0.25) is 4.79 Å². The normalized spacial score (nSPS) is 14.7. The molecule has 0 bridgehead atoms. The highest BCUT2D eigenvalue weighted by atomic mass is 16.5. The third-order valence-electron chi connectivity index (χ3n) is 6.64. The summed E-state index contributed by atoms with van der Waals surface area (Å²) >= 11 is 0. The number of aromatic nitrogens is 2. The first-order valence-corrected chi connectivity index (χ1v) is 12.1. The number of carbonyl (C=O) groups excluding carboxylic acids is 1. The molecule has 1 fully saturated rings. The summed E-state index contributed by atoms with van der Waals surface area (Å²) in [5, 5.41) is 0. The van der Waals surface area contributed by atoms with E-state index in [0.29, 0.717) is 13.1 Å². The third kappa shape index (κ3) is 5.22. The Kier molecular flexibility index (Phi) is 7.46. The fraction of sp³-hybridized carbons (Fsp3) is 0.393. The predicted octanol–water partition coefficient (Wildman–Crippen LogP) is 4.54. The first-order valence-electron chi connectivity index (χ1n) is 12.1. The van der Waals surface area contributed by atoms with Crippen molar-refractivity contribution in [3.8, 4) is 5.75 Å². The van der Waals surface area contributed by atoms with Crippen molar-refractivity contribution in [2.45, 2.75) is 39.5 Å². The van der Waals surface area contributed by atoms with E-state index in [1.807, 2.05) is 42.2 Å². The summed E-state index contributed by atoms with van der Waals surface area (Å²) in [5.41, 5.74) is 4.44. The zero-order valence-electron chi connectivity index (χ0n) is 20.6. The molecule has 3 aromatic rings. The van der Waals surface area contributed by atoms with Crippen molar-refractivity contribution < 1.29 is 9.53 Å². The smallest absolute Gasteiger partial charge is 0.230 e. The Labute approximate surface area is 202 Å². The van der Waals surface area contributed by atoms with E-state index in [1.54, 1.807) is 7.11 Å². The maximum Gasteiger partial charge on any atom is 0.230 e. The fourth-order valence-corrected chi connectivity index (χ4v) is 4.73. The number of hydrogen-bond donors (Lipinski definition) is 0. The van der Waals surface area contributed by atoms with Crippen molar-refractivity contribution in [3.63, 3.8) is 0 Å². The molecular formula is C28H34N4O2. The minimum atomic E-state index is -0.0816. The van der Waals surface area contributed by atoms with Crippen LogP contribution in [0.5, 0.6) is 5.75 Å². The van der Waals surface area contributed by atoms with Crippen LogP contribution in [0.1, 0.15) is 47.5 Å². The average Bonchev–Trinajstić information content (AvgIpc) is 2.87. The van der Waals surface area contributed by atoms with Crippen LogP contribution < -0.4 is 9.64 Å². The molecule has 0 saturated carbocycles. The van der Waals surface area contributed by atoms with Crippen molar-refractivity contribution in [1.29, 1.82) is 0 Å². The van der Waals surface area contributed by atoms with Gasteiger partial charge in [-0.15, -0.1) is 0 Å². The summed E-state index contributed by atoms with van der Waals surface area (Å²) in [6, 6.07) is 18.3. The van der Waals surface area contributed by atoms with E-state index in [0.717, 1.165) is 60.1 Å². The molecular weight excluding hydrogens is 424 g/mol. The van der Waals surface area contributed by atoms with Crippen molar-refractivity contribution in [1.82, 2.24) is 14.9 Å². The molecule has 0 unspecified atom stereocenters. The molecule has 34 heavy (non-hydrogen) atoms. The van der Waals surface area contributed by atoms with E-state index in [-0.39, 0.29) is 11.8 Å². The van der Waals surface area contributed by atoms with Gasteiger partial charge in [0.1, 0.15) is 17.4 Å². The highest BCUT2D eigenvalue weighted by Crippen LogP contribution is 2.27. The van der Waals surface area contributed by atoms with E-state index in [1.165, 1.54) is 5.56 Å². The van der Waals surface area contributed by atoms with Gasteiger partial charge in [-0.05, 0) is 43.5 Å². The molecule has 0 N–H and O–H groups in total. The van der Waals surface area contributed by atoms with Crippen LogP contribution in [-0.2, 0) is 11.2 Å². The molecule has 0 radical (unpaired) electrons. The van der Waals surface area contributed by atoms with E-state index in [2.05, 4.69) is 48.0 Å². The lowest BCUT2D eigenvalue weighted by Crippen LogP contribution is -2.50. The lowest BCUT2D eigenvalue weighted by Gasteiger charge is -2.38. The number of ether oxygens (including phenoxy) is 1. The summed E-state index contributed by atoms with van der Waals surface area (Å²) in [4.78, 5) is 27.1. The summed E-state index contributed by atoms with van der Waals surface area (Å²) in [7, 11) is 1.68. The molecule has 2 heterocycles. The predicted molar refractivity (Wildman–Crippen MR) is 136 cm³/mol. The topological polar surface area (TPSA) is 58.6 Å². The number of aryl methyl sites for hydroxylation is 2. The standard InChI is InChI=1S/C28H34N4O2/c1-5-25(23-9-7-6-8-10-23)28(33)32-17-15-31(16-18-32)27-26(20(2)29-21(3)30-27)19-22-11-13-24(34-4)14-12-22/h6-14,25H,5,15-19H2,1-4H3/t25-/m1/s1. The van der Waals surface area contributed by atoms with Gasteiger partial charge < -0.3 is 14.5 Å². The molecule has 4 rings (SSSR count). The van der Waals surface area contributed by atoms with Gasteiger partial charge >= 0.3 is 0 Å². The quantitative estimate of drug-likeness (QED) is 0.520. The van der Waals surface area contributed by atoms with Crippen LogP contribution in [-0.4, -0.2) is 54.1 Å². The number of nitrogens with zero attached hydrogens (tertiary/aromatic N) is 4. The van der Waals surface area contributed by atoms with Crippen molar-refractivity contribution in [2.75, 3.05) is 38.2 Å². The molecule has 6 nitrogen and oxygen atoms in total. The number of benzene rings is 2. The average molecular weight is 459 g/mol. The van der Waals surface area contributed by atoms with E-state index in [4.69, 9.17) is 9.72 Å². The molecule has 1 aliphatic rings. The molecule has 1 amide bonds. The number of carbonyl (C=O) groups is 1. The maximum absolute atomic E-state index is 13.3. The molecule has 1 aliphatic heterocycles. The molecule has 1 aromatic heterocycles. The van der Waals surface area contributed by atoms with Gasteiger partial charge in [0.15, 0.2) is 0 Å². The number of hydrogen-bond acceptors (Lipinski definition) is 5. The minimum Gasteiger partial charge on any atom is -0.497 e. The first kappa shape index (κ1) is 23.7. The molecule has 6 heteroatoms. The first-order chi connectivity index (χ1) is 16.5. The van der Waals surface area contributed by atoms with Crippen molar-refractivity contribution in [2.24, 2.45) is 0 Å². The largest absolute Gasteiger partial charge is 0.497 e. The highest BCUT2D eigenvalue weighted by Gasteiger charge is 2.29. The molecule has 0 spiro atoms. The lowest BCUT2D eigenvalue weighted by atomic mass is 9.94. The Morgan fingerprint density at radius 3 is 2.26 bits per heavy atom. The third-order valence-corrected chi connectivity index (χ3v) is 6.64. The number of piperazine rings is 1. The Bertz CT molecular complexity index is 1110. The van der Waals surface area contributed by atoms with Crippen LogP contribution in [0, 0.1) is 13.8 Å². The van der Waals surface area contributed by atoms with Crippen LogP contribution in [0.2, 0.25) is 0 Å². The van der Waals surface area contributed by atoms with Gasteiger partial charge in [-0.2, -0.15) is 0 Å². The number of rotatable bonds is 7. The number of methoxy groups -OCH3 is 1. The summed E-state index contributed by atoms with van der Waals surface area (Å²) < 4.78 is 5.30. The Morgan fingerprint density at radius 2 is 1.65 bits per heavy atom. The highest BCUT2D eigenvalue weighted by molar-refractivity contribution is 5.84. The van der Waals surface area contributed by atoms with E-state index < -0.39 is 0 Å². The van der Waals surface area contributed by atoms with E-state index in [9.17, 15) is 4.79 Å². The second-order valence-corrected chi connectivity index (χ2v) is 8.87. The van der Waals surface area contributed by atoms with Crippen molar-refractivity contribution >= 4 is 11.7 Å². The zero-order chi connectivity index (χ0) is 24.1. The second-order valence-electron chi connectivity index (χ2n) is 8.87. The molecule has 1 atom stereocenters. The Morgan fingerprint density at radius 1 is 0.971 bits per heavy atom. The van der Waals surface area contributed by atoms with Gasteiger partial charge in [0.25, 0.3) is 0 Å². The van der Waals surface area contributed by atoms with Crippen LogP contribution >= 0.6 is 0 Å². The van der Waals surface area contributed by atoms with E-state index >= 15 is 0 Å². The second kappa shape index (κ2) is 10.7. The molecule has 0 aliphatic carbocycles. The van der Waals surface area contributed by atoms with Crippen LogP contribution in [0.25, 0.3) is 0 Å².